The van der Waals surface area contributed by atoms with Gasteiger partial charge in [0.2, 0.25) is 16.9 Å². The van der Waals surface area contributed by atoms with Gasteiger partial charge in [-0.25, -0.2) is 0 Å². The van der Waals surface area contributed by atoms with Gasteiger partial charge in [-0.1, -0.05) is 35.2 Å². The van der Waals surface area contributed by atoms with Crippen LogP contribution in [0, 0.1) is 23.2 Å². The molecule has 4 fully saturated rings. The molecular formula is C22H26N4O3S2. The molecule has 0 spiro atoms. The topological polar surface area (TPSA) is 93.2 Å². The maximum Gasteiger partial charge on any atom is 0.234 e. The first-order valence-electron chi connectivity index (χ1n) is 10.7. The van der Waals surface area contributed by atoms with E-state index in [2.05, 4.69) is 20.8 Å². The van der Waals surface area contributed by atoms with Gasteiger partial charge in [-0.2, -0.15) is 0 Å². The van der Waals surface area contributed by atoms with E-state index in [1.54, 1.807) is 19.2 Å². The molecule has 0 unspecified atom stereocenters. The summed E-state index contributed by atoms with van der Waals surface area (Å²) in [6.45, 7) is 0. The predicted octanol–water partition coefficient (Wildman–Crippen LogP) is 4.43. The zero-order valence-corrected chi connectivity index (χ0v) is 19.1. The quantitative estimate of drug-likeness (QED) is 0.471. The highest BCUT2D eigenvalue weighted by atomic mass is 32.2. The van der Waals surface area contributed by atoms with E-state index < -0.39 is 0 Å². The van der Waals surface area contributed by atoms with Gasteiger partial charge in [-0.15, -0.1) is 10.2 Å². The van der Waals surface area contributed by atoms with Gasteiger partial charge in [0, 0.05) is 0 Å². The number of nitrogens with zero attached hydrogens (tertiary/aromatic N) is 2. The number of para-hydroxylation sites is 2. The minimum atomic E-state index is -0.206. The molecule has 1 heterocycles. The molecule has 4 aliphatic carbocycles. The predicted molar refractivity (Wildman–Crippen MR) is 121 cm³/mol. The number of ether oxygens (including phenoxy) is 1. The second-order valence-corrected chi connectivity index (χ2v) is 11.3. The zero-order chi connectivity index (χ0) is 21.4. The van der Waals surface area contributed by atoms with Crippen LogP contribution >= 0.6 is 23.1 Å². The van der Waals surface area contributed by atoms with Crippen LogP contribution in [0.3, 0.4) is 0 Å². The summed E-state index contributed by atoms with van der Waals surface area (Å²) < 4.78 is 5.92. The third-order valence-electron chi connectivity index (χ3n) is 6.85. The molecule has 164 valence electrons. The summed E-state index contributed by atoms with van der Waals surface area (Å²) in [6, 6.07) is 7.29. The summed E-state index contributed by atoms with van der Waals surface area (Å²) in [5, 5.41) is 14.7. The summed E-state index contributed by atoms with van der Waals surface area (Å²) in [4.78, 5) is 25.4. The molecule has 4 saturated carbocycles. The van der Waals surface area contributed by atoms with Crippen molar-refractivity contribution in [3.8, 4) is 5.75 Å². The summed E-state index contributed by atoms with van der Waals surface area (Å²) in [7, 11) is 1.57. The number of carbonyl (C=O) groups is 2. The smallest absolute Gasteiger partial charge is 0.234 e. The zero-order valence-electron chi connectivity index (χ0n) is 17.4. The fourth-order valence-corrected chi connectivity index (χ4v) is 7.55. The number of aromatic nitrogens is 2. The Bertz CT molecular complexity index is 957. The molecule has 1 aromatic carbocycles. The highest BCUT2D eigenvalue weighted by molar-refractivity contribution is 8.01. The lowest BCUT2D eigenvalue weighted by atomic mass is 9.49. The van der Waals surface area contributed by atoms with Crippen molar-refractivity contribution in [2.75, 3.05) is 23.5 Å². The van der Waals surface area contributed by atoms with Gasteiger partial charge >= 0.3 is 0 Å². The van der Waals surface area contributed by atoms with Gasteiger partial charge in [0.05, 0.1) is 24.0 Å². The minimum Gasteiger partial charge on any atom is -0.495 e. The summed E-state index contributed by atoms with van der Waals surface area (Å²) >= 11 is 2.63. The van der Waals surface area contributed by atoms with Crippen LogP contribution in [0.25, 0.3) is 0 Å². The average Bonchev–Trinajstić information content (AvgIpc) is 3.19. The Balaban J connectivity index is 1.15. The minimum absolute atomic E-state index is 0.119. The van der Waals surface area contributed by atoms with E-state index >= 15 is 0 Å². The number of amides is 2. The first-order chi connectivity index (χ1) is 15.0. The van der Waals surface area contributed by atoms with Crippen LogP contribution in [0.2, 0.25) is 0 Å². The SMILES string of the molecule is COc1ccccc1NC(=O)CSc1nnc(NC(=O)C23CC4CC(CC(C4)C2)C3)s1. The molecule has 0 saturated heterocycles. The Labute approximate surface area is 189 Å². The van der Waals surface area contributed by atoms with Crippen LogP contribution in [-0.4, -0.2) is 34.9 Å². The van der Waals surface area contributed by atoms with Gasteiger partial charge in [0.1, 0.15) is 5.75 Å². The second kappa shape index (κ2) is 8.43. The molecule has 2 amide bonds. The molecule has 0 radical (unpaired) electrons. The van der Waals surface area contributed by atoms with Crippen LogP contribution in [0.4, 0.5) is 10.8 Å². The molecular weight excluding hydrogens is 432 g/mol. The summed E-state index contributed by atoms with van der Waals surface area (Å²) in [5.41, 5.74) is 0.430. The number of methoxy groups -OCH3 is 1. The molecule has 2 aromatic rings. The van der Waals surface area contributed by atoms with Crippen molar-refractivity contribution in [3.05, 3.63) is 24.3 Å². The molecule has 6 rings (SSSR count). The number of thioether (sulfide) groups is 1. The first-order valence-corrected chi connectivity index (χ1v) is 12.5. The van der Waals surface area contributed by atoms with E-state index in [9.17, 15) is 9.59 Å². The number of anilines is 2. The van der Waals surface area contributed by atoms with Gasteiger partial charge in [0.25, 0.3) is 0 Å². The van der Waals surface area contributed by atoms with Crippen LogP contribution < -0.4 is 15.4 Å². The van der Waals surface area contributed by atoms with E-state index in [0.29, 0.717) is 20.9 Å². The van der Waals surface area contributed by atoms with Crippen molar-refractivity contribution in [3.63, 3.8) is 0 Å². The summed E-state index contributed by atoms with van der Waals surface area (Å²) in [6.07, 6.45) is 6.99. The Morgan fingerprint density at radius 3 is 2.45 bits per heavy atom. The van der Waals surface area contributed by atoms with Gasteiger partial charge < -0.3 is 15.4 Å². The Kier molecular flexibility index (Phi) is 5.64. The largest absolute Gasteiger partial charge is 0.495 e. The van der Waals surface area contributed by atoms with Crippen LogP contribution in [0.1, 0.15) is 38.5 Å². The molecule has 0 atom stereocenters. The number of hydrogen-bond acceptors (Lipinski definition) is 7. The fourth-order valence-electron chi connectivity index (χ4n) is 6.00. The average molecular weight is 459 g/mol. The standard InChI is InChI=1S/C22H26N4O3S2/c1-29-17-5-3-2-4-16(17)23-18(27)12-30-21-26-25-20(31-21)24-19(28)22-9-13-6-14(10-22)8-15(7-13)11-22/h2-5,13-15H,6-12H2,1H3,(H,23,27)(H,24,25,28). The van der Waals surface area contributed by atoms with Crippen molar-refractivity contribution in [2.24, 2.45) is 23.2 Å². The molecule has 4 bridgehead atoms. The van der Waals surface area contributed by atoms with Crippen molar-refractivity contribution >= 4 is 45.7 Å². The molecule has 0 aliphatic heterocycles. The Hall–Kier alpha value is -2.13. The number of carbonyl (C=O) groups excluding carboxylic acids is 2. The molecule has 4 aliphatic rings. The highest BCUT2D eigenvalue weighted by Crippen LogP contribution is 2.60. The van der Waals surface area contributed by atoms with Crippen molar-refractivity contribution in [2.45, 2.75) is 42.9 Å². The normalized spacial score (nSPS) is 28.4. The van der Waals surface area contributed by atoms with Gasteiger partial charge in [-0.05, 0) is 68.4 Å². The molecule has 9 heteroatoms. The Morgan fingerprint density at radius 1 is 1.10 bits per heavy atom. The van der Waals surface area contributed by atoms with E-state index in [0.717, 1.165) is 37.0 Å². The first kappa shape index (κ1) is 20.8. The van der Waals surface area contributed by atoms with Crippen LogP contribution in [-0.2, 0) is 9.59 Å². The Morgan fingerprint density at radius 2 is 1.77 bits per heavy atom. The van der Waals surface area contributed by atoms with Crippen LogP contribution in [0.5, 0.6) is 5.75 Å². The van der Waals surface area contributed by atoms with Gasteiger partial charge in [-0.3, -0.25) is 9.59 Å². The van der Waals surface area contributed by atoms with Crippen molar-refractivity contribution in [1.82, 2.24) is 10.2 Å². The van der Waals surface area contributed by atoms with Crippen molar-refractivity contribution in [1.29, 1.82) is 0 Å². The molecule has 2 N–H and O–H groups in total. The third kappa shape index (κ3) is 4.30. The van der Waals surface area contributed by atoms with E-state index in [-0.39, 0.29) is 23.0 Å². The van der Waals surface area contributed by atoms with Crippen LogP contribution in [0.15, 0.2) is 28.6 Å². The maximum atomic E-state index is 13.2. The van der Waals surface area contributed by atoms with E-state index in [1.165, 1.54) is 42.4 Å². The third-order valence-corrected chi connectivity index (χ3v) is 8.83. The van der Waals surface area contributed by atoms with Crippen molar-refractivity contribution < 1.29 is 14.3 Å². The lowest BCUT2D eigenvalue weighted by Gasteiger charge is -2.55. The lowest BCUT2D eigenvalue weighted by molar-refractivity contribution is -0.140. The second-order valence-electron chi connectivity index (χ2n) is 9.06. The van der Waals surface area contributed by atoms with Gasteiger partial charge in [0.15, 0.2) is 4.34 Å². The molecule has 1 aromatic heterocycles. The summed E-state index contributed by atoms with van der Waals surface area (Å²) in [5.74, 6) is 2.96. The van der Waals surface area contributed by atoms with E-state index in [1.807, 2.05) is 12.1 Å². The monoisotopic (exact) mass is 458 g/mol. The number of benzene rings is 1. The number of nitrogens with one attached hydrogen (secondary N) is 2. The molecule has 7 nitrogen and oxygen atoms in total. The number of rotatable bonds is 7. The highest BCUT2D eigenvalue weighted by Gasteiger charge is 2.54. The van der Waals surface area contributed by atoms with E-state index in [4.69, 9.17) is 4.74 Å². The number of hydrogen-bond donors (Lipinski definition) is 2. The maximum absolute atomic E-state index is 13.2. The lowest BCUT2D eigenvalue weighted by Crippen LogP contribution is -2.51. The molecule has 31 heavy (non-hydrogen) atoms. The fraction of sp³-hybridized carbons (Fsp3) is 0.545.